The Morgan fingerprint density at radius 3 is 2.73 bits per heavy atom. The summed E-state index contributed by atoms with van der Waals surface area (Å²) in [6.07, 6.45) is 4.62. The fourth-order valence-electron chi connectivity index (χ4n) is 1.77. The van der Waals surface area contributed by atoms with Crippen LogP contribution in [0.3, 0.4) is 0 Å². The van der Waals surface area contributed by atoms with E-state index in [4.69, 9.17) is 0 Å². The molecule has 0 atom stereocenters. The average molecular weight is 218 g/mol. The molecule has 0 aromatic heterocycles. The van der Waals surface area contributed by atoms with Crippen LogP contribution in [0, 0.1) is 0 Å². The van der Waals surface area contributed by atoms with Crippen LogP contribution >= 0.6 is 11.8 Å². The molecule has 1 aliphatic rings. The Hall–Kier alpha value is -0.690. The number of hydrogen-bond acceptors (Lipinski definition) is 1. The van der Waals surface area contributed by atoms with Gasteiger partial charge in [0, 0.05) is 4.90 Å². The van der Waals surface area contributed by atoms with Crippen molar-refractivity contribution in [1.82, 2.24) is 0 Å². The second-order valence-electron chi connectivity index (χ2n) is 5.10. The highest BCUT2D eigenvalue weighted by atomic mass is 32.2. The summed E-state index contributed by atoms with van der Waals surface area (Å²) in [4.78, 5) is 1.44. The van der Waals surface area contributed by atoms with Gasteiger partial charge >= 0.3 is 0 Å². The van der Waals surface area contributed by atoms with Crippen molar-refractivity contribution in [2.75, 3.05) is 0 Å². The third kappa shape index (κ3) is 2.46. The Morgan fingerprint density at radius 2 is 2.00 bits per heavy atom. The van der Waals surface area contributed by atoms with E-state index in [0.29, 0.717) is 0 Å². The lowest BCUT2D eigenvalue weighted by Crippen LogP contribution is -2.11. The maximum absolute atomic E-state index is 2.36. The largest absolute Gasteiger partial charge is 0.0981 e. The highest BCUT2D eigenvalue weighted by molar-refractivity contribution is 8.02. The predicted octanol–water partition coefficient (Wildman–Crippen LogP) is 4.54. The van der Waals surface area contributed by atoms with Gasteiger partial charge in [-0.25, -0.2) is 0 Å². The molecule has 1 aromatic carbocycles. The van der Waals surface area contributed by atoms with Gasteiger partial charge in [-0.3, -0.25) is 0 Å². The van der Waals surface area contributed by atoms with Gasteiger partial charge in [-0.2, -0.15) is 0 Å². The van der Waals surface area contributed by atoms with Crippen LogP contribution in [-0.2, 0) is 11.8 Å². The van der Waals surface area contributed by atoms with Crippen molar-refractivity contribution >= 4 is 11.8 Å². The quantitative estimate of drug-likeness (QED) is 0.616. The molecular weight excluding hydrogens is 200 g/mol. The Labute approximate surface area is 96.8 Å². The van der Waals surface area contributed by atoms with E-state index in [1.165, 1.54) is 28.9 Å². The molecule has 0 saturated heterocycles. The molecule has 0 unspecified atom stereocenters. The zero-order valence-electron chi connectivity index (χ0n) is 9.71. The molecular formula is C14H18S. The van der Waals surface area contributed by atoms with Gasteiger partial charge in [0.25, 0.3) is 0 Å². The molecule has 0 saturated carbocycles. The molecule has 0 spiro atoms. The zero-order valence-corrected chi connectivity index (χ0v) is 10.5. The summed E-state index contributed by atoms with van der Waals surface area (Å²) in [6, 6.07) is 6.94. The van der Waals surface area contributed by atoms with Gasteiger partial charge in [0.05, 0.1) is 0 Å². The fourth-order valence-corrected chi connectivity index (χ4v) is 2.66. The lowest BCUT2D eigenvalue weighted by molar-refractivity contribution is 0.588. The number of benzene rings is 1. The molecule has 0 amide bonds. The van der Waals surface area contributed by atoms with Crippen molar-refractivity contribution < 1.29 is 0 Å². The summed E-state index contributed by atoms with van der Waals surface area (Å²) in [6.45, 7) is 6.81. The Bertz CT molecular complexity index is 383. The second kappa shape index (κ2) is 4.05. The summed E-state index contributed by atoms with van der Waals surface area (Å²) in [5, 5.41) is 2.22. The smallest absolute Gasteiger partial charge is 0.0151 e. The minimum atomic E-state index is 0.256. The van der Waals surface area contributed by atoms with Crippen LogP contribution in [0.4, 0.5) is 0 Å². The van der Waals surface area contributed by atoms with E-state index in [-0.39, 0.29) is 5.41 Å². The number of thioether (sulfide) groups is 1. The number of aryl methyl sites for hydroxylation is 1. The fraction of sp³-hybridized carbons (Fsp3) is 0.429. The molecule has 1 heterocycles. The van der Waals surface area contributed by atoms with E-state index in [9.17, 15) is 0 Å². The van der Waals surface area contributed by atoms with Crippen LogP contribution in [0.15, 0.2) is 34.6 Å². The molecule has 0 N–H and O–H groups in total. The van der Waals surface area contributed by atoms with Crippen LogP contribution < -0.4 is 0 Å². The topological polar surface area (TPSA) is 0 Å². The standard InChI is InChI=1S/C14H18S/c1-14(2,3)12-8-7-11-6-4-5-9-15-13(11)10-12/h5,7-10H,4,6H2,1-3H3. The van der Waals surface area contributed by atoms with Gasteiger partial charge in [-0.05, 0) is 40.9 Å². The molecule has 2 rings (SSSR count). The van der Waals surface area contributed by atoms with Crippen LogP contribution in [0.1, 0.15) is 38.3 Å². The van der Waals surface area contributed by atoms with Crippen molar-refractivity contribution in [3.8, 4) is 0 Å². The normalized spacial score (nSPS) is 15.9. The maximum Gasteiger partial charge on any atom is 0.0151 e. The van der Waals surface area contributed by atoms with Gasteiger partial charge in [0.2, 0.25) is 0 Å². The van der Waals surface area contributed by atoms with Crippen LogP contribution in [-0.4, -0.2) is 0 Å². The Morgan fingerprint density at radius 1 is 1.20 bits per heavy atom. The Kier molecular flexibility index (Phi) is 2.92. The highest BCUT2D eigenvalue weighted by Crippen LogP contribution is 2.32. The first kappa shape index (κ1) is 10.8. The van der Waals surface area contributed by atoms with Crippen LogP contribution in [0.5, 0.6) is 0 Å². The van der Waals surface area contributed by atoms with E-state index >= 15 is 0 Å². The summed E-state index contributed by atoms with van der Waals surface area (Å²) < 4.78 is 0. The van der Waals surface area contributed by atoms with Gasteiger partial charge in [-0.1, -0.05) is 50.7 Å². The maximum atomic E-state index is 2.36. The summed E-state index contributed by atoms with van der Waals surface area (Å²) in [5.74, 6) is 0. The molecule has 1 heteroatoms. The zero-order chi connectivity index (χ0) is 10.9. The van der Waals surface area contributed by atoms with E-state index in [1.807, 2.05) is 11.8 Å². The Balaban J connectivity index is 2.40. The molecule has 0 radical (unpaired) electrons. The first-order chi connectivity index (χ1) is 7.07. The van der Waals surface area contributed by atoms with Crippen molar-refractivity contribution in [1.29, 1.82) is 0 Å². The highest BCUT2D eigenvalue weighted by Gasteiger charge is 2.15. The van der Waals surface area contributed by atoms with E-state index in [0.717, 1.165) is 0 Å². The third-order valence-corrected chi connectivity index (χ3v) is 3.77. The van der Waals surface area contributed by atoms with Crippen LogP contribution in [0.2, 0.25) is 0 Å². The average Bonchev–Trinajstić information content (AvgIpc) is 2.39. The first-order valence-corrected chi connectivity index (χ1v) is 6.40. The second-order valence-corrected chi connectivity index (χ2v) is 6.05. The third-order valence-electron chi connectivity index (χ3n) is 2.80. The molecule has 0 bridgehead atoms. The number of hydrogen-bond donors (Lipinski definition) is 0. The predicted molar refractivity (Wildman–Crippen MR) is 68.5 cm³/mol. The van der Waals surface area contributed by atoms with Gasteiger partial charge in [0.15, 0.2) is 0 Å². The van der Waals surface area contributed by atoms with E-state index < -0.39 is 0 Å². The van der Waals surface area contributed by atoms with E-state index in [1.54, 1.807) is 0 Å². The molecule has 80 valence electrons. The molecule has 0 aliphatic carbocycles. The number of rotatable bonds is 0. The summed E-state index contributed by atoms with van der Waals surface area (Å²) in [5.41, 5.74) is 3.19. The van der Waals surface area contributed by atoms with E-state index in [2.05, 4.69) is 50.5 Å². The molecule has 0 fully saturated rings. The van der Waals surface area contributed by atoms with Crippen molar-refractivity contribution in [3.63, 3.8) is 0 Å². The lowest BCUT2D eigenvalue weighted by Gasteiger charge is -2.20. The van der Waals surface area contributed by atoms with Gasteiger partial charge in [0.1, 0.15) is 0 Å². The number of allylic oxidation sites excluding steroid dienone is 1. The molecule has 1 aliphatic heterocycles. The molecule has 0 nitrogen and oxygen atoms in total. The van der Waals surface area contributed by atoms with Crippen LogP contribution in [0.25, 0.3) is 0 Å². The van der Waals surface area contributed by atoms with Crippen molar-refractivity contribution in [2.24, 2.45) is 0 Å². The first-order valence-electron chi connectivity index (χ1n) is 5.52. The summed E-state index contributed by atoms with van der Waals surface area (Å²) in [7, 11) is 0. The monoisotopic (exact) mass is 218 g/mol. The van der Waals surface area contributed by atoms with Gasteiger partial charge < -0.3 is 0 Å². The van der Waals surface area contributed by atoms with Gasteiger partial charge in [-0.15, -0.1) is 0 Å². The molecule has 1 aromatic rings. The minimum Gasteiger partial charge on any atom is -0.0981 e. The number of fused-ring (bicyclic) bond motifs is 1. The van der Waals surface area contributed by atoms with Crippen molar-refractivity contribution in [3.05, 3.63) is 40.8 Å². The minimum absolute atomic E-state index is 0.256. The molecule has 15 heavy (non-hydrogen) atoms. The SMILES string of the molecule is CC(C)(C)c1ccc2c(c1)SC=CCC2. The van der Waals surface area contributed by atoms with Crippen molar-refractivity contribution in [2.45, 2.75) is 43.9 Å². The lowest BCUT2D eigenvalue weighted by atomic mass is 9.86. The summed E-state index contributed by atoms with van der Waals surface area (Å²) >= 11 is 1.86.